The summed E-state index contributed by atoms with van der Waals surface area (Å²) in [6.07, 6.45) is 5.28. The first-order valence-electron chi connectivity index (χ1n) is 7.19. The summed E-state index contributed by atoms with van der Waals surface area (Å²) in [5.74, 6) is 0.598. The maximum absolute atomic E-state index is 6.07. The summed E-state index contributed by atoms with van der Waals surface area (Å²) in [5, 5.41) is 7.38. The molecule has 2 N–H and O–H groups in total. The first-order valence-corrected chi connectivity index (χ1v) is 8.03. The minimum Gasteiger partial charge on any atom is -0.495 e. The quantitative estimate of drug-likeness (QED) is 0.578. The van der Waals surface area contributed by atoms with Crippen molar-refractivity contribution in [1.82, 2.24) is 24.1 Å². The molecule has 3 aromatic heterocycles. The number of hydrogen-bond donors (Lipinski definition) is 1. The molecule has 0 bridgehead atoms. The predicted octanol–water partition coefficient (Wildman–Crippen LogP) is 2.74. The van der Waals surface area contributed by atoms with Crippen molar-refractivity contribution in [3.8, 4) is 28.3 Å². The average molecular weight is 338 g/mol. The van der Waals surface area contributed by atoms with E-state index in [-0.39, 0.29) is 0 Å². The van der Waals surface area contributed by atoms with Gasteiger partial charge in [-0.15, -0.1) is 0 Å². The van der Waals surface area contributed by atoms with Gasteiger partial charge in [0.25, 0.3) is 0 Å². The summed E-state index contributed by atoms with van der Waals surface area (Å²) in [7, 11) is 3.47. The van der Waals surface area contributed by atoms with Crippen molar-refractivity contribution in [2.75, 3.05) is 12.8 Å². The van der Waals surface area contributed by atoms with E-state index >= 15 is 0 Å². The van der Waals surface area contributed by atoms with Crippen molar-refractivity contribution in [3.05, 3.63) is 36.2 Å². The molecule has 0 aliphatic carbocycles. The van der Waals surface area contributed by atoms with Crippen LogP contribution in [0.2, 0.25) is 0 Å². The summed E-state index contributed by atoms with van der Waals surface area (Å²) in [6, 6.07) is 3.66. The van der Waals surface area contributed by atoms with Crippen molar-refractivity contribution in [3.63, 3.8) is 0 Å². The molecule has 3 heterocycles. The lowest BCUT2D eigenvalue weighted by Crippen LogP contribution is -1.95. The molecule has 0 atom stereocenters. The lowest BCUT2D eigenvalue weighted by atomic mass is 10.0. The van der Waals surface area contributed by atoms with Crippen molar-refractivity contribution in [1.29, 1.82) is 0 Å². The monoisotopic (exact) mass is 338 g/mol. The Balaban J connectivity index is 2.00. The number of fused-ring (bicyclic) bond motifs is 1. The lowest BCUT2D eigenvalue weighted by Gasteiger charge is -2.09. The number of anilines is 1. The highest BCUT2D eigenvalue weighted by Crippen LogP contribution is 2.36. The molecular weight excluding hydrogens is 324 g/mol. The number of benzene rings is 1. The van der Waals surface area contributed by atoms with Gasteiger partial charge in [-0.1, -0.05) is 0 Å². The Bertz CT molecular complexity index is 1020. The highest BCUT2D eigenvalue weighted by molar-refractivity contribution is 7.03. The van der Waals surface area contributed by atoms with E-state index in [1.807, 2.05) is 30.8 Å². The molecule has 0 radical (unpaired) electrons. The van der Waals surface area contributed by atoms with Crippen LogP contribution in [0, 0.1) is 0 Å². The minimum atomic E-state index is 0.545. The summed E-state index contributed by atoms with van der Waals surface area (Å²) < 4.78 is 11.2. The number of rotatable bonds is 3. The maximum Gasteiger partial charge on any atom is 0.143 e. The molecule has 0 spiro atoms. The molecule has 0 aliphatic heterocycles. The zero-order valence-electron chi connectivity index (χ0n) is 13.1. The van der Waals surface area contributed by atoms with Gasteiger partial charge in [0, 0.05) is 41.2 Å². The fourth-order valence-electron chi connectivity index (χ4n) is 2.69. The molecule has 4 aromatic rings. The van der Waals surface area contributed by atoms with Crippen molar-refractivity contribution in [2.45, 2.75) is 0 Å². The Morgan fingerprint density at radius 2 is 2.08 bits per heavy atom. The summed E-state index contributed by atoms with van der Waals surface area (Å²) >= 11 is 1.39. The van der Waals surface area contributed by atoms with Gasteiger partial charge in [0.1, 0.15) is 17.8 Å². The smallest absolute Gasteiger partial charge is 0.143 e. The summed E-state index contributed by atoms with van der Waals surface area (Å²) in [6.45, 7) is 0. The van der Waals surface area contributed by atoms with Crippen LogP contribution < -0.4 is 10.5 Å². The first kappa shape index (κ1) is 14.6. The molecule has 1 aromatic carbocycles. The van der Waals surface area contributed by atoms with Gasteiger partial charge in [0.2, 0.25) is 0 Å². The number of aromatic nitrogens is 5. The Kier molecular flexibility index (Phi) is 3.39. The van der Waals surface area contributed by atoms with Crippen LogP contribution in [0.15, 0.2) is 36.2 Å². The van der Waals surface area contributed by atoms with Gasteiger partial charge in [0.15, 0.2) is 0 Å². The van der Waals surface area contributed by atoms with Crippen LogP contribution in [0.1, 0.15) is 0 Å². The van der Waals surface area contributed by atoms with Gasteiger partial charge in [0.05, 0.1) is 30.2 Å². The van der Waals surface area contributed by atoms with Crippen molar-refractivity contribution >= 4 is 28.1 Å². The van der Waals surface area contributed by atoms with E-state index in [1.54, 1.807) is 18.0 Å². The minimum absolute atomic E-state index is 0.545. The van der Waals surface area contributed by atoms with Crippen LogP contribution in [-0.4, -0.2) is 31.2 Å². The van der Waals surface area contributed by atoms with Crippen LogP contribution in [0.5, 0.6) is 5.75 Å². The van der Waals surface area contributed by atoms with Crippen LogP contribution in [0.25, 0.3) is 33.4 Å². The van der Waals surface area contributed by atoms with Gasteiger partial charge >= 0.3 is 0 Å². The third-order valence-corrected chi connectivity index (χ3v) is 4.36. The number of nitrogens with two attached hydrogens (primary N) is 1. The molecule has 7 nitrogen and oxygen atoms in total. The number of nitrogen functional groups attached to an aromatic ring is 1. The van der Waals surface area contributed by atoms with Crippen LogP contribution in [0.4, 0.5) is 5.69 Å². The van der Waals surface area contributed by atoms with Gasteiger partial charge in [-0.25, -0.2) is 14.3 Å². The molecular formula is C16H14N6OS. The molecule has 0 saturated carbocycles. The first-order chi connectivity index (χ1) is 11.7. The Labute approximate surface area is 141 Å². The number of nitrogens with zero attached hydrogens (tertiary/aromatic N) is 5. The van der Waals surface area contributed by atoms with E-state index in [1.165, 1.54) is 17.9 Å². The third-order valence-electron chi connectivity index (χ3n) is 3.78. The normalized spacial score (nSPS) is 11.1. The number of hydrogen-bond acceptors (Lipinski definition) is 7. The number of ether oxygens (including phenoxy) is 1. The second kappa shape index (κ2) is 5.57. The van der Waals surface area contributed by atoms with E-state index in [2.05, 4.69) is 19.4 Å². The molecule has 120 valence electrons. The largest absolute Gasteiger partial charge is 0.495 e. The highest BCUT2D eigenvalue weighted by atomic mass is 32.1. The predicted molar refractivity (Wildman–Crippen MR) is 93.8 cm³/mol. The standard InChI is InChI=1S/C16H14N6OS/c1-22-6-11(15(21-22)9-5-20-24-7-9)16-10-3-12(17)14(23-2)4-13(10)18-8-19-16/h3-8H,17H2,1-2H3. The van der Waals surface area contributed by atoms with E-state index < -0.39 is 0 Å². The second-order valence-electron chi connectivity index (χ2n) is 5.31. The molecule has 0 aliphatic rings. The molecule has 0 fully saturated rings. The second-order valence-corrected chi connectivity index (χ2v) is 5.97. The fraction of sp³-hybridized carbons (Fsp3) is 0.125. The van der Waals surface area contributed by atoms with E-state index in [0.717, 1.165) is 33.4 Å². The number of methoxy groups -OCH3 is 1. The molecule has 0 saturated heterocycles. The summed E-state index contributed by atoms with van der Waals surface area (Å²) in [5.41, 5.74) is 10.9. The zero-order chi connectivity index (χ0) is 16.7. The molecule has 0 amide bonds. The van der Waals surface area contributed by atoms with Crippen LogP contribution >= 0.6 is 11.5 Å². The summed E-state index contributed by atoms with van der Waals surface area (Å²) in [4.78, 5) is 8.81. The van der Waals surface area contributed by atoms with Gasteiger partial charge in [-0.3, -0.25) is 4.68 Å². The SMILES string of the molecule is COc1cc2ncnc(-c3cn(C)nc3-c3cnsc3)c2cc1N. The molecule has 8 heteroatoms. The van der Waals surface area contributed by atoms with Crippen LogP contribution in [0.3, 0.4) is 0 Å². The fourth-order valence-corrected chi connectivity index (χ4v) is 3.21. The zero-order valence-corrected chi connectivity index (χ0v) is 13.9. The van der Waals surface area contributed by atoms with Crippen molar-refractivity contribution in [2.24, 2.45) is 7.05 Å². The Morgan fingerprint density at radius 1 is 1.21 bits per heavy atom. The van der Waals surface area contributed by atoms with E-state index in [0.29, 0.717) is 11.4 Å². The van der Waals surface area contributed by atoms with E-state index in [4.69, 9.17) is 10.5 Å². The molecule has 4 rings (SSSR count). The van der Waals surface area contributed by atoms with E-state index in [9.17, 15) is 0 Å². The van der Waals surface area contributed by atoms with Crippen LogP contribution in [-0.2, 0) is 7.05 Å². The van der Waals surface area contributed by atoms with Crippen molar-refractivity contribution < 1.29 is 4.74 Å². The van der Waals surface area contributed by atoms with Gasteiger partial charge < -0.3 is 10.5 Å². The molecule has 24 heavy (non-hydrogen) atoms. The highest BCUT2D eigenvalue weighted by Gasteiger charge is 2.17. The average Bonchev–Trinajstić information content (AvgIpc) is 3.23. The van der Waals surface area contributed by atoms with Gasteiger partial charge in [-0.2, -0.15) is 5.10 Å². The molecule has 0 unspecified atom stereocenters. The Morgan fingerprint density at radius 3 is 2.83 bits per heavy atom. The Hall–Kier alpha value is -3.00. The van der Waals surface area contributed by atoms with Gasteiger partial charge in [-0.05, 0) is 17.6 Å². The topological polar surface area (TPSA) is 91.7 Å². The maximum atomic E-state index is 6.07. The lowest BCUT2D eigenvalue weighted by molar-refractivity contribution is 0.417. The third kappa shape index (κ3) is 2.28. The number of aryl methyl sites for hydroxylation is 1.